The molecule has 4 heteroatoms. The van der Waals surface area contributed by atoms with E-state index in [1.807, 2.05) is 57.2 Å². The lowest BCUT2D eigenvalue weighted by molar-refractivity contribution is 0.0636. The molecule has 0 aliphatic rings. The van der Waals surface area contributed by atoms with Gasteiger partial charge >= 0.3 is 6.09 Å². The van der Waals surface area contributed by atoms with Crippen LogP contribution in [0.5, 0.6) is 5.75 Å². The lowest BCUT2D eigenvalue weighted by Gasteiger charge is -2.20. The first kappa shape index (κ1) is 14.2. The highest BCUT2D eigenvalue weighted by Crippen LogP contribution is 2.31. The fourth-order valence-corrected chi connectivity index (χ4v) is 1.97. The summed E-state index contributed by atoms with van der Waals surface area (Å²) in [5, 5.41) is 4.64. The van der Waals surface area contributed by atoms with Gasteiger partial charge in [0.2, 0.25) is 0 Å². The Bertz CT molecular complexity index is 629. The predicted molar refractivity (Wildman–Crippen MR) is 80.4 cm³/mol. The summed E-state index contributed by atoms with van der Waals surface area (Å²) in [6, 6.07) is 11.4. The molecular formula is C16H19NO3. The summed E-state index contributed by atoms with van der Waals surface area (Å²) < 4.78 is 10.6. The summed E-state index contributed by atoms with van der Waals surface area (Å²) in [6.07, 6.45) is -0.465. The molecule has 0 radical (unpaired) electrons. The molecule has 0 saturated carbocycles. The normalized spacial score (nSPS) is 11.2. The van der Waals surface area contributed by atoms with Crippen LogP contribution in [0, 0.1) is 0 Å². The lowest BCUT2D eigenvalue weighted by Crippen LogP contribution is -2.27. The number of methoxy groups -OCH3 is 1. The third kappa shape index (κ3) is 3.20. The van der Waals surface area contributed by atoms with Crippen LogP contribution in [0.2, 0.25) is 0 Å². The highest BCUT2D eigenvalue weighted by Gasteiger charge is 2.17. The molecule has 1 amide bonds. The van der Waals surface area contributed by atoms with Gasteiger partial charge in [-0.25, -0.2) is 4.79 Å². The molecule has 4 nitrogen and oxygen atoms in total. The first-order chi connectivity index (χ1) is 9.40. The molecule has 0 saturated heterocycles. The van der Waals surface area contributed by atoms with Gasteiger partial charge in [0, 0.05) is 10.8 Å². The van der Waals surface area contributed by atoms with Gasteiger partial charge in [0.1, 0.15) is 11.4 Å². The summed E-state index contributed by atoms with van der Waals surface area (Å²) in [6.45, 7) is 5.50. The maximum Gasteiger partial charge on any atom is 0.412 e. The van der Waals surface area contributed by atoms with Crippen LogP contribution >= 0.6 is 0 Å². The second kappa shape index (κ2) is 5.41. The Balaban J connectivity index is 2.34. The zero-order valence-corrected chi connectivity index (χ0v) is 12.2. The van der Waals surface area contributed by atoms with E-state index in [0.717, 1.165) is 16.5 Å². The number of rotatable bonds is 2. The summed E-state index contributed by atoms with van der Waals surface area (Å²) in [5.74, 6) is 0.773. The van der Waals surface area contributed by atoms with Crippen molar-refractivity contribution in [1.82, 2.24) is 0 Å². The van der Waals surface area contributed by atoms with Gasteiger partial charge in [0.15, 0.2) is 0 Å². The van der Waals surface area contributed by atoms with Crippen molar-refractivity contribution in [3.05, 3.63) is 36.4 Å². The molecule has 0 atom stereocenters. The molecule has 2 aromatic carbocycles. The summed E-state index contributed by atoms with van der Waals surface area (Å²) in [5.41, 5.74) is 0.183. The van der Waals surface area contributed by atoms with Crippen molar-refractivity contribution < 1.29 is 14.3 Å². The lowest BCUT2D eigenvalue weighted by atomic mass is 10.1. The third-order valence-electron chi connectivity index (χ3n) is 2.74. The smallest absolute Gasteiger partial charge is 0.412 e. The number of carbonyl (C=O) groups is 1. The SMILES string of the molecule is COc1ccc(NC(=O)OC(C)(C)C)c2ccccc12. The molecule has 0 heterocycles. The van der Waals surface area contributed by atoms with Crippen molar-refractivity contribution in [2.75, 3.05) is 12.4 Å². The van der Waals surface area contributed by atoms with Crippen molar-refractivity contribution in [3.63, 3.8) is 0 Å². The second-order valence-electron chi connectivity index (χ2n) is 5.49. The van der Waals surface area contributed by atoms with Gasteiger partial charge in [-0.05, 0) is 32.9 Å². The molecule has 20 heavy (non-hydrogen) atoms. The largest absolute Gasteiger partial charge is 0.496 e. The zero-order chi connectivity index (χ0) is 14.8. The number of fused-ring (bicyclic) bond motifs is 1. The highest BCUT2D eigenvalue weighted by molar-refractivity contribution is 6.02. The number of hydrogen-bond acceptors (Lipinski definition) is 3. The van der Waals surface area contributed by atoms with Crippen LogP contribution in [0.25, 0.3) is 10.8 Å². The summed E-state index contributed by atoms with van der Waals surface area (Å²) in [4.78, 5) is 11.9. The Morgan fingerprint density at radius 3 is 2.30 bits per heavy atom. The number of ether oxygens (including phenoxy) is 2. The maximum absolute atomic E-state index is 11.9. The van der Waals surface area contributed by atoms with E-state index >= 15 is 0 Å². The van der Waals surface area contributed by atoms with E-state index in [0.29, 0.717) is 5.69 Å². The van der Waals surface area contributed by atoms with Gasteiger partial charge in [-0.15, -0.1) is 0 Å². The van der Waals surface area contributed by atoms with E-state index < -0.39 is 11.7 Å². The van der Waals surface area contributed by atoms with Gasteiger partial charge in [-0.3, -0.25) is 5.32 Å². The number of amides is 1. The van der Waals surface area contributed by atoms with Crippen LogP contribution in [0.15, 0.2) is 36.4 Å². The number of nitrogens with one attached hydrogen (secondary N) is 1. The van der Waals surface area contributed by atoms with Gasteiger partial charge in [0.05, 0.1) is 12.8 Å². The first-order valence-electron chi connectivity index (χ1n) is 6.46. The van der Waals surface area contributed by atoms with E-state index in [9.17, 15) is 4.79 Å². The minimum absolute atomic E-state index is 0.465. The Hall–Kier alpha value is -2.23. The Kier molecular flexibility index (Phi) is 3.84. The monoisotopic (exact) mass is 273 g/mol. The van der Waals surface area contributed by atoms with Crippen LogP contribution in [0.4, 0.5) is 10.5 Å². The van der Waals surface area contributed by atoms with Gasteiger partial charge in [0.25, 0.3) is 0 Å². The molecule has 2 rings (SSSR count). The Morgan fingerprint density at radius 1 is 1.05 bits per heavy atom. The highest BCUT2D eigenvalue weighted by atomic mass is 16.6. The maximum atomic E-state index is 11.9. The number of benzene rings is 2. The first-order valence-corrected chi connectivity index (χ1v) is 6.46. The number of hydrogen-bond donors (Lipinski definition) is 1. The van der Waals surface area contributed by atoms with Gasteiger partial charge in [-0.1, -0.05) is 24.3 Å². The molecule has 0 fully saturated rings. The van der Waals surface area contributed by atoms with Gasteiger partial charge < -0.3 is 9.47 Å². The fraction of sp³-hybridized carbons (Fsp3) is 0.312. The van der Waals surface area contributed by atoms with E-state index in [1.165, 1.54) is 0 Å². The van der Waals surface area contributed by atoms with Crippen molar-refractivity contribution in [2.24, 2.45) is 0 Å². The molecule has 0 bridgehead atoms. The molecule has 106 valence electrons. The van der Waals surface area contributed by atoms with Crippen LogP contribution in [-0.4, -0.2) is 18.8 Å². The summed E-state index contributed by atoms with van der Waals surface area (Å²) >= 11 is 0. The minimum Gasteiger partial charge on any atom is -0.496 e. The van der Waals surface area contributed by atoms with Crippen molar-refractivity contribution >= 4 is 22.6 Å². The number of carbonyl (C=O) groups excluding carboxylic acids is 1. The van der Waals surface area contributed by atoms with Crippen LogP contribution in [0.1, 0.15) is 20.8 Å². The predicted octanol–water partition coefficient (Wildman–Crippen LogP) is 4.20. The quantitative estimate of drug-likeness (QED) is 0.892. The minimum atomic E-state index is -0.521. The van der Waals surface area contributed by atoms with Crippen molar-refractivity contribution in [2.45, 2.75) is 26.4 Å². The van der Waals surface area contributed by atoms with Gasteiger partial charge in [-0.2, -0.15) is 0 Å². The van der Waals surface area contributed by atoms with E-state index in [1.54, 1.807) is 7.11 Å². The van der Waals surface area contributed by atoms with E-state index in [2.05, 4.69) is 5.32 Å². The molecular weight excluding hydrogens is 254 g/mol. The molecule has 0 aliphatic heterocycles. The van der Waals surface area contributed by atoms with Crippen molar-refractivity contribution in [1.29, 1.82) is 0 Å². The van der Waals surface area contributed by atoms with Crippen LogP contribution < -0.4 is 10.1 Å². The topological polar surface area (TPSA) is 47.6 Å². The molecule has 2 aromatic rings. The zero-order valence-electron chi connectivity index (χ0n) is 12.2. The third-order valence-corrected chi connectivity index (χ3v) is 2.74. The molecule has 1 N–H and O–H groups in total. The molecule has 0 aromatic heterocycles. The Labute approximate surface area is 118 Å². The second-order valence-corrected chi connectivity index (χ2v) is 5.49. The van der Waals surface area contributed by atoms with Crippen molar-refractivity contribution in [3.8, 4) is 5.75 Å². The molecule has 0 unspecified atom stereocenters. The molecule has 0 aliphatic carbocycles. The van der Waals surface area contributed by atoms with Crippen LogP contribution in [-0.2, 0) is 4.74 Å². The summed E-state index contributed by atoms with van der Waals surface area (Å²) in [7, 11) is 1.63. The fourth-order valence-electron chi connectivity index (χ4n) is 1.97. The molecule has 0 spiro atoms. The average molecular weight is 273 g/mol. The standard InChI is InChI=1S/C16H19NO3/c1-16(2,3)20-15(18)17-13-9-10-14(19-4)12-8-6-5-7-11(12)13/h5-10H,1-4H3,(H,17,18). The van der Waals surface area contributed by atoms with E-state index in [-0.39, 0.29) is 0 Å². The number of anilines is 1. The Morgan fingerprint density at radius 2 is 1.70 bits per heavy atom. The van der Waals surface area contributed by atoms with Crippen LogP contribution in [0.3, 0.4) is 0 Å². The van der Waals surface area contributed by atoms with E-state index in [4.69, 9.17) is 9.47 Å². The average Bonchev–Trinajstić information content (AvgIpc) is 2.37.